The molecule has 1 aliphatic heterocycles. The summed E-state index contributed by atoms with van der Waals surface area (Å²) in [5.74, 6) is 1.99. The average molecular weight is 374 g/mol. The third-order valence-corrected chi connectivity index (χ3v) is 5.60. The number of piperidine rings is 1. The van der Waals surface area contributed by atoms with Gasteiger partial charge in [-0.15, -0.1) is 0 Å². The van der Waals surface area contributed by atoms with Crippen molar-refractivity contribution in [3.8, 4) is 0 Å². The third kappa shape index (κ3) is 4.89. The zero-order chi connectivity index (χ0) is 18.4. The molecule has 0 aliphatic carbocycles. The van der Waals surface area contributed by atoms with Crippen molar-refractivity contribution in [3.05, 3.63) is 53.7 Å². The van der Waals surface area contributed by atoms with Gasteiger partial charge in [0, 0.05) is 13.1 Å². The minimum atomic E-state index is -0.249. The van der Waals surface area contributed by atoms with Crippen molar-refractivity contribution in [1.29, 1.82) is 0 Å². The van der Waals surface area contributed by atoms with Crippen LogP contribution in [0.5, 0.6) is 0 Å². The van der Waals surface area contributed by atoms with Gasteiger partial charge in [0.15, 0.2) is 5.69 Å². The highest BCUT2D eigenvalue weighted by molar-refractivity contribution is 7.98. The van der Waals surface area contributed by atoms with Crippen LogP contribution in [0.15, 0.2) is 41.0 Å². The summed E-state index contributed by atoms with van der Waals surface area (Å²) in [5, 5.41) is 0. The fourth-order valence-corrected chi connectivity index (χ4v) is 3.86. The molecule has 5 nitrogen and oxygen atoms in total. The van der Waals surface area contributed by atoms with Crippen LogP contribution in [0, 0.1) is 5.92 Å². The number of aromatic nitrogens is 1. The summed E-state index contributed by atoms with van der Waals surface area (Å²) >= 11 is 1.74. The van der Waals surface area contributed by atoms with Crippen LogP contribution in [0.25, 0.3) is 0 Å². The van der Waals surface area contributed by atoms with Crippen molar-refractivity contribution in [2.24, 2.45) is 11.7 Å². The highest BCUT2D eigenvalue weighted by atomic mass is 32.2. The average Bonchev–Trinajstić information content (AvgIpc) is 3.17. The normalized spacial score (nSPS) is 16.6. The van der Waals surface area contributed by atoms with Gasteiger partial charge in [0.05, 0.1) is 6.04 Å². The number of likely N-dealkylation sites (tertiary alicyclic amines) is 1. The van der Waals surface area contributed by atoms with Crippen LogP contribution in [0.2, 0.25) is 0 Å². The smallest absolute Gasteiger partial charge is 0.275 e. The van der Waals surface area contributed by atoms with E-state index in [2.05, 4.69) is 29.2 Å². The summed E-state index contributed by atoms with van der Waals surface area (Å²) in [7, 11) is 0. The molecule has 1 saturated heterocycles. The summed E-state index contributed by atoms with van der Waals surface area (Å²) in [6, 6.07) is 10.3. The lowest BCUT2D eigenvalue weighted by atomic mass is 9.90. The highest BCUT2D eigenvalue weighted by Crippen LogP contribution is 2.23. The molecular weight excluding hydrogens is 346 g/mol. The standard InChI is InChI=1S/C20H27N3O2S/c1-26-12-9-17(21)19-22-18(14-25-19)20(24)23-10-7-16(8-11-23)13-15-5-3-2-4-6-15/h2-6,14,16-17H,7-13,21H2,1H3. The molecule has 1 fully saturated rings. The second-order valence-corrected chi connectivity index (χ2v) is 7.87. The van der Waals surface area contributed by atoms with E-state index < -0.39 is 0 Å². The summed E-state index contributed by atoms with van der Waals surface area (Å²) < 4.78 is 5.44. The van der Waals surface area contributed by atoms with Gasteiger partial charge in [0.1, 0.15) is 6.26 Å². The zero-order valence-electron chi connectivity index (χ0n) is 15.3. The molecule has 6 heteroatoms. The van der Waals surface area contributed by atoms with Gasteiger partial charge in [-0.3, -0.25) is 4.79 Å². The van der Waals surface area contributed by atoms with Crippen LogP contribution in [0.4, 0.5) is 0 Å². The number of hydrogen-bond donors (Lipinski definition) is 1. The quantitative estimate of drug-likeness (QED) is 0.804. The van der Waals surface area contributed by atoms with Crippen molar-refractivity contribution in [1.82, 2.24) is 9.88 Å². The van der Waals surface area contributed by atoms with E-state index in [-0.39, 0.29) is 11.9 Å². The molecule has 0 radical (unpaired) electrons. The number of carbonyl (C=O) groups excluding carboxylic acids is 1. The maximum atomic E-state index is 12.7. The number of nitrogens with zero attached hydrogens (tertiary/aromatic N) is 2. The second kappa shape index (κ2) is 9.24. The summed E-state index contributed by atoms with van der Waals surface area (Å²) in [6.07, 6.45) is 7.42. The molecule has 2 heterocycles. The molecule has 0 saturated carbocycles. The number of carbonyl (C=O) groups is 1. The van der Waals surface area contributed by atoms with Crippen LogP contribution in [-0.2, 0) is 6.42 Å². The largest absolute Gasteiger partial charge is 0.446 e. The van der Waals surface area contributed by atoms with Crippen molar-refractivity contribution >= 4 is 17.7 Å². The number of nitrogens with two attached hydrogens (primary N) is 1. The topological polar surface area (TPSA) is 72.4 Å². The van der Waals surface area contributed by atoms with Gasteiger partial charge >= 0.3 is 0 Å². The van der Waals surface area contributed by atoms with E-state index >= 15 is 0 Å². The lowest BCUT2D eigenvalue weighted by molar-refractivity contribution is 0.0684. The summed E-state index contributed by atoms with van der Waals surface area (Å²) in [4.78, 5) is 18.9. The van der Waals surface area contributed by atoms with Crippen LogP contribution in [-0.4, -0.2) is 40.9 Å². The van der Waals surface area contributed by atoms with Crippen LogP contribution < -0.4 is 5.73 Å². The maximum Gasteiger partial charge on any atom is 0.275 e. The van der Waals surface area contributed by atoms with E-state index in [1.54, 1.807) is 11.8 Å². The Morgan fingerprint density at radius 3 is 2.77 bits per heavy atom. The lowest BCUT2D eigenvalue weighted by Crippen LogP contribution is -2.39. The molecule has 1 amide bonds. The SMILES string of the molecule is CSCCC(N)c1nc(C(=O)N2CCC(Cc3ccccc3)CC2)co1. The van der Waals surface area contributed by atoms with Crippen molar-refractivity contribution in [3.63, 3.8) is 0 Å². The molecule has 0 spiro atoms. The van der Waals surface area contributed by atoms with E-state index in [9.17, 15) is 4.79 Å². The molecular formula is C20H27N3O2S. The first kappa shape index (κ1) is 19.0. The Kier molecular flexibility index (Phi) is 6.74. The fourth-order valence-electron chi connectivity index (χ4n) is 3.37. The Morgan fingerprint density at radius 1 is 1.35 bits per heavy atom. The van der Waals surface area contributed by atoms with Gasteiger partial charge in [0.2, 0.25) is 5.89 Å². The summed E-state index contributed by atoms with van der Waals surface area (Å²) in [5.41, 5.74) is 7.82. The number of rotatable bonds is 7. The number of oxazole rings is 1. The van der Waals surface area contributed by atoms with Gasteiger partial charge < -0.3 is 15.1 Å². The van der Waals surface area contributed by atoms with Gasteiger partial charge in [-0.1, -0.05) is 30.3 Å². The first-order valence-electron chi connectivity index (χ1n) is 9.20. The molecule has 26 heavy (non-hydrogen) atoms. The molecule has 1 unspecified atom stereocenters. The molecule has 2 aromatic rings. The Balaban J connectivity index is 1.51. The Hall–Kier alpha value is -1.79. The summed E-state index contributed by atoms with van der Waals surface area (Å²) in [6.45, 7) is 1.55. The third-order valence-electron chi connectivity index (χ3n) is 4.96. The molecule has 1 atom stereocenters. The first-order valence-corrected chi connectivity index (χ1v) is 10.6. The molecule has 2 N–H and O–H groups in total. The molecule has 3 rings (SSSR count). The number of benzene rings is 1. The van der Waals surface area contributed by atoms with Crippen LogP contribution in [0.3, 0.4) is 0 Å². The van der Waals surface area contributed by atoms with Crippen molar-refractivity contribution in [2.45, 2.75) is 31.7 Å². The fraction of sp³-hybridized carbons (Fsp3) is 0.500. The number of thioether (sulfide) groups is 1. The molecule has 1 aromatic carbocycles. The van der Waals surface area contributed by atoms with Crippen molar-refractivity contribution < 1.29 is 9.21 Å². The predicted molar refractivity (Wildman–Crippen MR) is 105 cm³/mol. The van der Waals surface area contributed by atoms with Gasteiger partial charge in [-0.05, 0) is 49.2 Å². The van der Waals surface area contributed by atoms with Crippen LogP contribution in [0.1, 0.15) is 47.2 Å². The first-order chi connectivity index (χ1) is 12.7. The van der Waals surface area contributed by atoms with E-state index in [1.807, 2.05) is 17.2 Å². The maximum absolute atomic E-state index is 12.7. The van der Waals surface area contributed by atoms with E-state index in [0.717, 1.165) is 44.5 Å². The molecule has 140 valence electrons. The Labute approximate surface area is 159 Å². The van der Waals surface area contributed by atoms with Crippen molar-refractivity contribution in [2.75, 3.05) is 25.1 Å². The number of amides is 1. The predicted octanol–water partition coefficient (Wildman–Crippen LogP) is 3.52. The highest BCUT2D eigenvalue weighted by Gasteiger charge is 2.26. The molecule has 0 bridgehead atoms. The van der Waals surface area contributed by atoms with Gasteiger partial charge in [-0.2, -0.15) is 11.8 Å². The molecule has 1 aliphatic rings. The van der Waals surface area contributed by atoms with Crippen LogP contribution >= 0.6 is 11.8 Å². The zero-order valence-corrected chi connectivity index (χ0v) is 16.1. The second-order valence-electron chi connectivity index (χ2n) is 6.88. The Bertz CT molecular complexity index is 696. The minimum Gasteiger partial charge on any atom is -0.446 e. The minimum absolute atomic E-state index is 0.0461. The lowest BCUT2D eigenvalue weighted by Gasteiger charge is -2.31. The van der Waals surface area contributed by atoms with E-state index in [0.29, 0.717) is 17.5 Å². The Morgan fingerprint density at radius 2 is 2.08 bits per heavy atom. The molecule has 1 aromatic heterocycles. The number of hydrogen-bond acceptors (Lipinski definition) is 5. The van der Waals surface area contributed by atoms with E-state index in [4.69, 9.17) is 10.2 Å². The van der Waals surface area contributed by atoms with Gasteiger partial charge in [-0.25, -0.2) is 4.98 Å². The van der Waals surface area contributed by atoms with E-state index in [1.165, 1.54) is 11.8 Å². The van der Waals surface area contributed by atoms with Gasteiger partial charge in [0.25, 0.3) is 5.91 Å². The monoisotopic (exact) mass is 373 g/mol.